The zero-order valence-electron chi connectivity index (χ0n) is 10.5. The number of benzene rings is 1. The summed E-state index contributed by atoms with van der Waals surface area (Å²) in [7, 11) is 0. The fourth-order valence-electron chi connectivity index (χ4n) is 2.04. The van der Waals surface area contributed by atoms with Crippen LogP contribution in [-0.4, -0.2) is 9.97 Å². The normalized spacial score (nSPS) is 10.7. The Hall–Kier alpha value is -2.26. The lowest BCUT2D eigenvalue weighted by molar-refractivity contribution is 0.638. The number of hydrogen-bond acceptors (Lipinski definition) is 2. The summed E-state index contributed by atoms with van der Waals surface area (Å²) in [4.78, 5) is 8.33. The Bertz CT molecular complexity index is 797. The quantitative estimate of drug-likeness (QED) is 0.680. The van der Waals surface area contributed by atoms with Crippen LogP contribution in [0.15, 0.2) is 49.3 Å². The topological polar surface area (TPSA) is 25.8 Å². The number of fused-ring (bicyclic) bond motifs is 1. The monoisotopic (exact) mass is 284 g/mol. The van der Waals surface area contributed by atoms with Crippen molar-refractivity contribution in [3.05, 3.63) is 65.8 Å². The first-order chi connectivity index (χ1) is 9.70. The van der Waals surface area contributed by atoms with E-state index in [1.807, 2.05) is 0 Å². The number of aromatic nitrogens is 2. The molecule has 0 saturated carbocycles. The minimum Gasteiger partial charge on any atom is -0.256 e. The van der Waals surface area contributed by atoms with E-state index in [0.29, 0.717) is 21.4 Å². The molecule has 98 valence electrons. The molecule has 4 heteroatoms. The third kappa shape index (κ3) is 2.06. The molecule has 0 spiro atoms. The molecule has 0 amide bonds. The highest BCUT2D eigenvalue weighted by molar-refractivity contribution is 6.35. The molecule has 2 aromatic heterocycles. The van der Waals surface area contributed by atoms with Crippen molar-refractivity contribution in [3.63, 3.8) is 0 Å². The van der Waals surface area contributed by atoms with Crippen molar-refractivity contribution in [3.8, 4) is 11.3 Å². The van der Waals surface area contributed by atoms with Gasteiger partial charge in [-0.25, -0.2) is 4.39 Å². The number of rotatable bonds is 2. The summed E-state index contributed by atoms with van der Waals surface area (Å²) in [5.41, 5.74) is 1.62. The van der Waals surface area contributed by atoms with Gasteiger partial charge in [-0.3, -0.25) is 9.97 Å². The van der Waals surface area contributed by atoms with E-state index in [1.54, 1.807) is 48.8 Å². The third-order valence-corrected chi connectivity index (χ3v) is 3.42. The summed E-state index contributed by atoms with van der Waals surface area (Å²) in [6.07, 6.45) is 4.80. The minimum atomic E-state index is -0.391. The van der Waals surface area contributed by atoms with Crippen LogP contribution in [0.25, 0.3) is 28.1 Å². The Kier molecular flexibility index (Phi) is 3.20. The highest BCUT2D eigenvalue weighted by atomic mass is 35.5. The molecule has 0 atom stereocenters. The van der Waals surface area contributed by atoms with Crippen LogP contribution in [0.1, 0.15) is 5.69 Å². The second-order valence-corrected chi connectivity index (χ2v) is 4.70. The summed E-state index contributed by atoms with van der Waals surface area (Å²) in [6.45, 7) is 3.63. The number of hydrogen-bond donors (Lipinski definition) is 0. The fraction of sp³-hybridized carbons (Fsp3) is 0. The molecule has 20 heavy (non-hydrogen) atoms. The first kappa shape index (κ1) is 12.8. The predicted octanol–water partition coefficient (Wildman–Crippen LogP) is 4.73. The Morgan fingerprint density at radius 1 is 1.05 bits per heavy atom. The molecule has 2 heterocycles. The molecule has 1 aromatic carbocycles. The Balaban J connectivity index is 2.21. The molecule has 0 aliphatic heterocycles. The van der Waals surface area contributed by atoms with E-state index < -0.39 is 5.82 Å². The number of pyridine rings is 2. The van der Waals surface area contributed by atoms with Crippen LogP contribution in [0, 0.1) is 5.82 Å². The predicted molar refractivity (Wildman–Crippen MR) is 80.0 cm³/mol. The zero-order valence-corrected chi connectivity index (χ0v) is 11.2. The molecule has 3 aromatic rings. The Labute approximate surface area is 120 Å². The average molecular weight is 285 g/mol. The van der Waals surface area contributed by atoms with Crippen LogP contribution in [0.5, 0.6) is 0 Å². The van der Waals surface area contributed by atoms with Gasteiger partial charge in [0.15, 0.2) is 5.82 Å². The molecule has 0 radical (unpaired) electrons. The maximum Gasteiger partial charge on any atom is 0.157 e. The van der Waals surface area contributed by atoms with Gasteiger partial charge in [0.1, 0.15) is 5.69 Å². The molecular weight excluding hydrogens is 275 g/mol. The molecule has 0 fully saturated rings. The van der Waals surface area contributed by atoms with Crippen LogP contribution in [0.3, 0.4) is 0 Å². The van der Waals surface area contributed by atoms with Gasteiger partial charge in [0.2, 0.25) is 0 Å². The summed E-state index contributed by atoms with van der Waals surface area (Å²) in [6, 6.07) is 8.66. The molecule has 2 nitrogen and oxygen atoms in total. The van der Waals surface area contributed by atoms with E-state index in [-0.39, 0.29) is 5.69 Å². The standard InChI is InChI=1S/C16H10ClFN2/c1-2-11-7-6-10(8-19-11)16-15(18)12-4-3-5-14(17)13(12)9-20-16/h2-9H,1H2. The van der Waals surface area contributed by atoms with Gasteiger partial charge in [0.05, 0.1) is 10.7 Å². The largest absolute Gasteiger partial charge is 0.256 e. The smallest absolute Gasteiger partial charge is 0.157 e. The van der Waals surface area contributed by atoms with Gasteiger partial charge < -0.3 is 0 Å². The van der Waals surface area contributed by atoms with E-state index in [1.165, 1.54) is 0 Å². The van der Waals surface area contributed by atoms with Crippen LogP contribution in [0.4, 0.5) is 4.39 Å². The minimum absolute atomic E-state index is 0.267. The van der Waals surface area contributed by atoms with E-state index in [0.717, 1.165) is 5.69 Å². The van der Waals surface area contributed by atoms with Crippen molar-refractivity contribution in [1.29, 1.82) is 0 Å². The van der Waals surface area contributed by atoms with Crippen molar-refractivity contribution in [2.45, 2.75) is 0 Å². The van der Waals surface area contributed by atoms with Gasteiger partial charge in [0.25, 0.3) is 0 Å². The number of nitrogens with zero attached hydrogens (tertiary/aromatic N) is 2. The molecule has 0 N–H and O–H groups in total. The van der Waals surface area contributed by atoms with E-state index in [9.17, 15) is 4.39 Å². The van der Waals surface area contributed by atoms with Gasteiger partial charge >= 0.3 is 0 Å². The van der Waals surface area contributed by atoms with E-state index in [4.69, 9.17) is 11.6 Å². The second kappa shape index (κ2) is 5.02. The van der Waals surface area contributed by atoms with E-state index in [2.05, 4.69) is 16.5 Å². The maximum atomic E-state index is 14.5. The van der Waals surface area contributed by atoms with Crippen molar-refractivity contribution in [2.24, 2.45) is 0 Å². The van der Waals surface area contributed by atoms with Crippen molar-refractivity contribution >= 4 is 28.4 Å². The van der Waals surface area contributed by atoms with Crippen LogP contribution >= 0.6 is 11.6 Å². The van der Waals surface area contributed by atoms with Gasteiger partial charge in [-0.2, -0.15) is 0 Å². The zero-order chi connectivity index (χ0) is 14.1. The first-order valence-corrected chi connectivity index (χ1v) is 6.40. The molecular formula is C16H10ClFN2. The number of halogens is 2. The summed E-state index contributed by atoms with van der Waals surface area (Å²) in [5, 5.41) is 1.54. The summed E-state index contributed by atoms with van der Waals surface area (Å²) in [5.74, 6) is -0.391. The van der Waals surface area contributed by atoms with Gasteiger partial charge in [0, 0.05) is 28.7 Å². The fourth-order valence-corrected chi connectivity index (χ4v) is 2.26. The van der Waals surface area contributed by atoms with Crippen LogP contribution in [-0.2, 0) is 0 Å². The lowest BCUT2D eigenvalue weighted by Crippen LogP contribution is -1.93. The van der Waals surface area contributed by atoms with Crippen molar-refractivity contribution in [2.75, 3.05) is 0 Å². The molecule has 0 saturated heterocycles. The lowest BCUT2D eigenvalue weighted by Gasteiger charge is -2.07. The van der Waals surface area contributed by atoms with Crippen molar-refractivity contribution in [1.82, 2.24) is 9.97 Å². The molecule has 0 aliphatic rings. The summed E-state index contributed by atoms with van der Waals surface area (Å²) >= 11 is 6.04. The Morgan fingerprint density at radius 3 is 2.60 bits per heavy atom. The molecule has 0 bridgehead atoms. The molecule has 0 unspecified atom stereocenters. The van der Waals surface area contributed by atoms with Crippen molar-refractivity contribution < 1.29 is 4.39 Å². The second-order valence-electron chi connectivity index (χ2n) is 4.30. The maximum absolute atomic E-state index is 14.5. The SMILES string of the molecule is C=Cc1ccc(-c2ncc3c(Cl)cccc3c2F)cn1. The van der Waals surface area contributed by atoms with Crippen LogP contribution < -0.4 is 0 Å². The van der Waals surface area contributed by atoms with E-state index >= 15 is 0 Å². The highest BCUT2D eigenvalue weighted by Gasteiger charge is 2.12. The molecule has 3 rings (SSSR count). The van der Waals surface area contributed by atoms with Gasteiger partial charge in [-0.15, -0.1) is 0 Å². The van der Waals surface area contributed by atoms with Gasteiger partial charge in [-0.05, 0) is 24.3 Å². The Morgan fingerprint density at radius 2 is 1.90 bits per heavy atom. The summed E-state index contributed by atoms with van der Waals surface area (Å²) < 4.78 is 14.5. The first-order valence-electron chi connectivity index (χ1n) is 6.02. The molecule has 0 aliphatic carbocycles. The lowest BCUT2D eigenvalue weighted by atomic mass is 10.1. The van der Waals surface area contributed by atoms with Gasteiger partial charge in [-0.1, -0.05) is 30.3 Å². The average Bonchev–Trinajstić information content (AvgIpc) is 2.49. The van der Waals surface area contributed by atoms with Crippen LogP contribution in [0.2, 0.25) is 5.02 Å². The highest BCUT2D eigenvalue weighted by Crippen LogP contribution is 2.30. The third-order valence-electron chi connectivity index (χ3n) is 3.09.